The van der Waals surface area contributed by atoms with Gasteiger partial charge < -0.3 is 5.32 Å². The van der Waals surface area contributed by atoms with E-state index in [1.807, 2.05) is 18.2 Å². The molecule has 0 radical (unpaired) electrons. The topological polar surface area (TPSA) is 12.0 Å². The summed E-state index contributed by atoms with van der Waals surface area (Å²) in [5.41, 5.74) is 0.728. The molecule has 0 amide bonds. The highest BCUT2D eigenvalue weighted by atomic mass is 19.3. The second kappa shape index (κ2) is 4.91. The minimum atomic E-state index is -2.57. The highest BCUT2D eigenvalue weighted by molar-refractivity contribution is 5.16. The Morgan fingerprint density at radius 2 is 1.75 bits per heavy atom. The van der Waals surface area contributed by atoms with E-state index >= 15 is 0 Å². The molecule has 0 spiro atoms. The Morgan fingerprint density at radius 3 is 2.38 bits per heavy atom. The van der Waals surface area contributed by atoms with Crippen molar-refractivity contribution in [2.75, 3.05) is 13.1 Å². The van der Waals surface area contributed by atoms with Gasteiger partial charge in [0.2, 0.25) is 0 Å². The van der Waals surface area contributed by atoms with Crippen molar-refractivity contribution in [1.82, 2.24) is 5.32 Å². The van der Waals surface area contributed by atoms with E-state index in [1.165, 1.54) is 0 Å². The fourth-order valence-electron chi connectivity index (χ4n) is 2.26. The van der Waals surface area contributed by atoms with Crippen LogP contribution in [0.1, 0.15) is 18.4 Å². The number of halogens is 2. The van der Waals surface area contributed by atoms with Crippen molar-refractivity contribution in [3.63, 3.8) is 0 Å². The lowest BCUT2D eigenvalue weighted by Gasteiger charge is -2.30. The van der Waals surface area contributed by atoms with Gasteiger partial charge in [-0.15, -0.1) is 0 Å². The summed E-state index contributed by atoms with van der Waals surface area (Å²) in [4.78, 5) is 0. The molecular weight excluding hydrogens is 208 g/mol. The Balaban J connectivity index is 2.01. The van der Waals surface area contributed by atoms with E-state index in [0.29, 0.717) is 12.8 Å². The van der Waals surface area contributed by atoms with Gasteiger partial charge in [-0.25, -0.2) is 8.78 Å². The molecule has 1 fully saturated rings. The van der Waals surface area contributed by atoms with Crippen LogP contribution in [0.3, 0.4) is 0 Å². The normalized spacial score (nSPS) is 18.6. The summed E-state index contributed by atoms with van der Waals surface area (Å²) in [5.74, 6) is -3.03. The molecule has 1 aliphatic rings. The van der Waals surface area contributed by atoms with Crippen LogP contribution in [-0.2, 0) is 6.42 Å². The SMILES string of the molecule is FC(F)(Cc1ccccc1)C1CCNCC1. The van der Waals surface area contributed by atoms with Crippen molar-refractivity contribution in [3.05, 3.63) is 35.9 Å². The number of hydrogen-bond acceptors (Lipinski definition) is 1. The molecule has 0 atom stereocenters. The maximum absolute atomic E-state index is 14.0. The standard InChI is InChI=1S/C13H17F2N/c14-13(15,12-6-8-16-9-7-12)10-11-4-2-1-3-5-11/h1-5,12,16H,6-10H2. The summed E-state index contributed by atoms with van der Waals surface area (Å²) < 4.78 is 27.9. The number of piperidine rings is 1. The first-order chi connectivity index (χ1) is 7.68. The zero-order valence-electron chi connectivity index (χ0n) is 9.26. The number of alkyl halides is 2. The molecule has 0 bridgehead atoms. The summed E-state index contributed by atoms with van der Waals surface area (Å²) in [6, 6.07) is 9.03. The molecule has 2 rings (SSSR count). The third-order valence-corrected chi connectivity index (χ3v) is 3.22. The molecule has 1 aliphatic heterocycles. The molecule has 88 valence electrons. The largest absolute Gasteiger partial charge is 0.317 e. The van der Waals surface area contributed by atoms with E-state index < -0.39 is 11.8 Å². The lowest BCUT2D eigenvalue weighted by atomic mass is 9.88. The maximum Gasteiger partial charge on any atom is 0.254 e. The number of benzene rings is 1. The van der Waals surface area contributed by atoms with Crippen molar-refractivity contribution in [2.24, 2.45) is 5.92 Å². The van der Waals surface area contributed by atoms with Crippen LogP contribution in [0.5, 0.6) is 0 Å². The molecule has 0 aliphatic carbocycles. The van der Waals surface area contributed by atoms with E-state index in [2.05, 4.69) is 5.32 Å². The van der Waals surface area contributed by atoms with Crippen LogP contribution >= 0.6 is 0 Å². The van der Waals surface area contributed by atoms with Crippen LogP contribution in [0, 0.1) is 5.92 Å². The second-order valence-electron chi connectivity index (χ2n) is 4.45. The average molecular weight is 225 g/mol. The third kappa shape index (κ3) is 2.79. The molecule has 0 unspecified atom stereocenters. The lowest BCUT2D eigenvalue weighted by molar-refractivity contribution is -0.0675. The lowest BCUT2D eigenvalue weighted by Crippen LogP contribution is -2.39. The predicted octanol–water partition coefficient (Wildman–Crippen LogP) is 2.86. The maximum atomic E-state index is 14.0. The minimum Gasteiger partial charge on any atom is -0.317 e. The van der Waals surface area contributed by atoms with Crippen LogP contribution in [0.25, 0.3) is 0 Å². The van der Waals surface area contributed by atoms with Gasteiger partial charge in [0.25, 0.3) is 5.92 Å². The fraction of sp³-hybridized carbons (Fsp3) is 0.538. The minimum absolute atomic E-state index is 0.126. The molecular formula is C13H17F2N. The number of nitrogens with one attached hydrogen (secondary N) is 1. The van der Waals surface area contributed by atoms with Crippen molar-refractivity contribution in [3.8, 4) is 0 Å². The van der Waals surface area contributed by atoms with Gasteiger partial charge in [-0.1, -0.05) is 30.3 Å². The van der Waals surface area contributed by atoms with Gasteiger partial charge in [-0.05, 0) is 31.5 Å². The van der Waals surface area contributed by atoms with Gasteiger partial charge in [0.05, 0.1) is 0 Å². The molecule has 1 aromatic rings. The predicted molar refractivity (Wildman–Crippen MR) is 60.7 cm³/mol. The van der Waals surface area contributed by atoms with Gasteiger partial charge in [0.15, 0.2) is 0 Å². The zero-order chi connectivity index (χ0) is 11.4. The first-order valence-corrected chi connectivity index (χ1v) is 5.81. The summed E-state index contributed by atoms with van der Waals surface area (Å²) in [6.45, 7) is 1.43. The quantitative estimate of drug-likeness (QED) is 0.834. The summed E-state index contributed by atoms with van der Waals surface area (Å²) >= 11 is 0. The monoisotopic (exact) mass is 225 g/mol. The first-order valence-electron chi connectivity index (χ1n) is 5.81. The average Bonchev–Trinajstić information content (AvgIpc) is 2.31. The molecule has 16 heavy (non-hydrogen) atoms. The van der Waals surface area contributed by atoms with Crippen molar-refractivity contribution < 1.29 is 8.78 Å². The summed E-state index contributed by atoms with van der Waals surface area (Å²) in [7, 11) is 0. The van der Waals surface area contributed by atoms with Crippen LogP contribution in [0.4, 0.5) is 8.78 Å². The van der Waals surface area contributed by atoms with E-state index in [0.717, 1.165) is 18.7 Å². The molecule has 1 saturated heterocycles. The van der Waals surface area contributed by atoms with Gasteiger partial charge in [0, 0.05) is 12.3 Å². The van der Waals surface area contributed by atoms with Crippen LogP contribution < -0.4 is 5.32 Å². The first kappa shape index (κ1) is 11.5. The van der Waals surface area contributed by atoms with E-state index in [4.69, 9.17) is 0 Å². The number of hydrogen-bond donors (Lipinski definition) is 1. The van der Waals surface area contributed by atoms with Crippen molar-refractivity contribution >= 4 is 0 Å². The second-order valence-corrected chi connectivity index (χ2v) is 4.45. The highest BCUT2D eigenvalue weighted by Crippen LogP contribution is 2.34. The smallest absolute Gasteiger partial charge is 0.254 e. The molecule has 1 heterocycles. The molecule has 0 saturated carbocycles. The number of rotatable bonds is 3. The Kier molecular flexibility index (Phi) is 3.54. The van der Waals surface area contributed by atoms with Crippen molar-refractivity contribution in [2.45, 2.75) is 25.2 Å². The van der Waals surface area contributed by atoms with E-state index in [-0.39, 0.29) is 6.42 Å². The van der Waals surface area contributed by atoms with Crippen LogP contribution in [0.15, 0.2) is 30.3 Å². The van der Waals surface area contributed by atoms with Gasteiger partial charge in [-0.3, -0.25) is 0 Å². The van der Waals surface area contributed by atoms with Crippen molar-refractivity contribution in [1.29, 1.82) is 0 Å². The van der Waals surface area contributed by atoms with E-state index in [9.17, 15) is 8.78 Å². The summed E-state index contributed by atoms with van der Waals surface area (Å²) in [6.07, 6.45) is 1.04. The molecule has 1 N–H and O–H groups in total. The van der Waals surface area contributed by atoms with Crippen LogP contribution in [-0.4, -0.2) is 19.0 Å². The third-order valence-electron chi connectivity index (χ3n) is 3.22. The van der Waals surface area contributed by atoms with Crippen LogP contribution in [0.2, 0.25) is 0 Å². The van der Waals surface area contributed by atoms with Gasteiger partial charge in [-0.2, -0.15) is 0 Å². The Labute approximate surface area is 94.9 Å². The Morgan fingerprint density at radius 1 is 1.12 bits per heavy atom. The Bertz CT molecular complexity index is 318. The van der Waals surface area contributed by atoms with E-state index in [1.54, 1.807) is 12.1 Å². The molecule has 0 aromatic heterocycles. The fourth-order valence-corrected chi connectivity index (χ4v) is 2.26. The summed E-state index contributed by atoms with van der Waals surface area (Å²) in [5, 5.41) is 3.12. The molecule has 3 heteroatoms. The highest BCUT2D eigenvalue weighted by Gasteiger charge is 2.39. The Hall–Kier alpha value is -0.960. The zero-order valence-corrected chi connectivity index (χ0v) is 9.26. The molecule has 1 aromatic carbocycles. The molecule has 1 nitrogen and oxygen atoms in total. The van der Waals surface area contributed by atoms with Gasteiger partial charge >= 0.3 is 0 Å². The van der Waals surface area contributed by atoms with Gasteiger partial charge in [0.1, 0.15) is 0 Å².